The van der Waals surface area contributed by atoms with Crippen LogP contribution in [0, 0.1) is 41.4 Å². The molecule has 1 nitrogen and oxygen atoms in total. The third-order valence-electron chi connectivity index (χ3n) is 17.6. The Morgan fingerprint density at radius 1 is 0.491 bits per heavy atom. The highest BCUT2D eigenvalue weighted by Crippen LogP contribution is 2.71. The van der Waals surface area contributed by atoms with Crippen molar-refractivity contribution in [3.05, 3.63) is 113 Å². The third kappa shape index (κ3) is 4.27. The van der Waals surface area contributed by atoms with Crippen LogP contribution in [0.2, 0.25) is 0 Å². The van der Waals surface area contributed by atoms with Gasteiger partial charge < -0.3 is 4.90 Å². The molecular formula is C52H59N. The van der Waals surface area contributed by atoms with Gasteiger partial charge in [-0.3, -0.25) is 0 Å². The molecular weight excluding hydrogens is 639 g/mol. The van der Waals surface area contributed by atoms with Crippen LogP contribution < -0.4 is 4.90 Å². The van der Waals surface area contributed by atoms with Crippen molar-refractivity contribution in [1.82, 2.24) is 0 Å². The molecule has 8 bridgehead atoms. The van der Waals surface area contributed by atoms with Gasteiger partial charge in [-0.15, -0.1) is 0 Å². The van der Waals surface area contributed by atoms with Crippen molar-refractivity contribution in [2.24, 2.45) is 41.4 Å². The van der Waals surface area contributed by atoms with E-state index in [1.165, 1.54) is 112 Å². The molecule has 4 aromatic rings. The summed E-state index contributed by atoms with van der Waals surface area (Å²) in [5, 5.41) is 0. The number of benzene rings is 4. The highest BCUT2D eigenvalue weighted by molar-refractivity contribution is 5.96. The summed E-state index contributed by atoms with van der Waals surface area (Å²) in [7, 11) is 0. The molecule has 0 saturated heterocycles. The van der Waals surface area contributed by atoms with Gasteiger partial charge in [-0.1, -0.05) is 88.4 Å². The summed E-state index contributed by atoms with van der Waals surface area (Å²) in [6.07, 6.45) is 18.4. The number of nitrogens with zero attached hydrogens (tertiary/aromatic N) is 1. The molecule has 0 unspecified atom stereocenters. The SMILES string of the molecule is CC1(C)CCC(C)(C)c2c(N(c3ccc(C45CC6CC(CC(C6)C4)C5)cc3)c3cccc4c3-c3ccccc3C43C4CC5CC(C4)CC3C5)cccc21. The van der Waals surface area contributed by atoms with Crippen LogP contribution in [0.25, 0.3) is 11.1 Å². The second-order valence-corrected chi connectivity index (χ2v) is 21.5. The maximum atomic E-state index is 2.76. The molecule has 0 aromatic heterocycles. The van der Waals surface area contributed by atoms with Gasteiger partial charge in [0, 0.05) is 16.7 Å². The molecule has 53 heavy (non-hydrogen) atoms. The Kier molecular flexibility index (Phi) is 6.46. The summed E-state index contributed by atoms with van der Waals surface area (Å²) in [5.41, 5.74) is 16.1. The van der Waals surface area contributed by atoms with Crippen molar-refractivity contribution >= 4 is 17.1 Å². The maximum absolute atomic E-state index is 2.76. The van der Waals surface area contributed by atoms with E-state index in [0.29, 0.717) is 5.41 Å². The van der Waals surface area contributed by atoms with Crippen molar-refractivity contribution in [3.8, 4) is 11.1 Å². The second kappa shape index (κ2) is 10.7. The quantitative estimate of drug-likeness (QED) is 0.205. The Balaban J connectivity index is 1.08. The molecule has 0 heterocycles. The van der Waals surface area contributed by atoms with Gasteiger partial charge in [0.2, 0.25) is 0 Å². The molecule has 1 spiro atoms. The smallest absolute Gasteiger partial charge is 0.0543 e. The highest BCUT2D eigenvalue weighted by Gasteiger charge is 2.62. The lowest BCUT2D eigenvalue weighted by Crippen LogP contribution is -2.55. The van der Waals surface area contributed by atoms with E-state index in [0.717, 1.165) is 41.4 Å². The topological polar surface area (TPSA) is 3.24 Å². The summed E-state index contributed by atoms with van der Waals surface area (Å²) in [6.45, 7) is 10.0. The fourth-order valence-electron chi connectivity index (χ4n) is 16.1. The fraction of sp³-hybridized carbons (Fsp3) is 0.538. The van der Waals surface area contributed by atoms with E-state index in [1.807, 2.05) is 0 Å². The lowest BCUT2D eigenvalue weighted by Gasteiger charge is -2.61. The van der Waals surface area contributed by atoms with Gasteiger partial charge in [0.1, 0.15) is 0 Å². The molecule has 0 amide bonds. The molecule has 8 saturated carbocycles. The first-order chi connectivity index (χ1) is 25.6. The van der Waals surface area contributed by atoms with E-state index in [4.69, 9.17) is 0 Å². The minimum Gasteiger partial charge on any atom is -0.310 e. The molecule has 0 N–H and O–H groups in total. The van der Waals surface area contributed by atoms with Crippen LogP contribution in [-0.2, 0) is 21.7 Å². The van der Waals surface area contributed by atoms with Crippen LogP contribution in [0.4, 0.5) is 17.1 Å². The van der Waals surface area contributed by atoms with Gasteiger partial charge in [0.15, 0.2) is 0 Å². The maximum Gasteiger partial charge on any atom is 0.0543 e. The van der Waals surface area contributed by atoms with Gasteiger partial charge in [-0.05, 0) is 199 Å². The van der Waals surface area contributed by atoms with Gasteiger partial charge in [-0.2, -0.15) is 0 Å². The van der Waals surface area contributed by atoms with Crippen molar-refractivity contribution in [3.63, 3.8) is 0 Å². The summed E-state index contributed by atoms with van der Waals surface area (Å²) >= 11 is 0. The summed E-state index contributed by atoms with van der Waals surface area (Å²) < 4.78 is 0. The molecule has 10 aliphatic carbocycles. The first-order valence-electron chi connectivity index (χ1n) is 21.9. The zero-order chi connectivity index (χ0) is 35.5. The Labute approximate surface area is 319 Å². The number of hydrogen-bond acceptors (Lipinski definition) is 1. The molecule has 4 aromatic carbocycles. The van der Waals surface area contributed by atoms with E-state index in [9.17, 15) is 0 Å². The monoisotopic (exact) mass is 697 g/mol. The highest BCUT2D eigenvalue weighted by atomic mass is 15.2. The molecule has 8 fully saturated rings. The fourth-order valence-corrected chi connectivity index (χ4v) is 16.1. The first-order valence-corrected chi connectivity index (χ1v) is 21.9. The van der Waals surface area contributed by atoms with Crippen molar-refractivity contribution in [2.45, 2.75) is 133 Å². The summed E-state index contributed by atoms with van der Waals surface area (Å²) in [4.78, 5) is 2.76. The Morgan fingerprint density at radius 3 is 1.70 bits per heavy atom. The van der Waals surface area contributed by atoms with E-state index in [-0.39, 0.29) is 16.2 Å². The average molecular weight is 698 g/mol. The average Bonchev–Trinajstić information content (AvgIpc) is 3.43. The van der Waals surface area contributed by atoms with E-state index in [1.54, 1.807) is 27.8 Å². The zero-order valence-electron chi connectivity index (χ0n) is 32.8. The molecule has 0 radical (unpaired) electrons. The van der Waals surface area contributed by atoms with Crippen molar-refractivity contribution < 1.29 is 0 Å². The molecule has 14 rings (SSSR count). The molecule has 10 aliphatic rings. The Bertz CT molecular complexity index is 2080. The predicted octanol–water partition coefficient (Wildman–Crippen LogP) is 13.7. The number of fused-ring (bicyclic) bond motifs is 4. The van der Waals surface area contributed by atoms with E-state index >= 15 is 0 Å². The third-order valence-corrected chi connectivity index (χ3v) is 17.6. The van der Waals surface area contributed by atoms with E-state index in [2.05, 4.69) is 118 Å². The van der Waals surface area contributed by atoms with Crippen LogP contribution in [-0.4, -0.2) is 0 Å². The molecule has 0 atom stereocenters. The van der Waals surface area contributed by atoms with Gasteiger partial charge >= 0.3 is 0 Å². The molecule has 1 heteroatoms. The van der Waals surface area contributed by atoms with Crippen LogP contribution in [0.5, 0.6) is 0 Å². The minimum absolute atomic E-state index is 0.0946. The first kappa shape index (κ1) is 32.0. The molecule has 0 aliphatic heterocycles. The van der Waals surface area contributed by atoms with Gasteiger partial charge in [0.25, 0.3) is 0 Å². The van der Waals surface area contributed by atoms with Crippen LogP contribution in [0.3, 0.4) is 0 Å². The summed E-state index contributed by atoms with van der Waals surface area (Å²) in [5.74, 6) is 6.33. The van der Waals surface area contributed by atoms with Crippen LogP contribution in [0.1, 0.15) is 139 Å². The standard InChI is InChI=1S/C52H59N/c1-49(2)19-20-50(3,4)48-44(49)12-8-14-46(48)53(40-17-15-37(16-18-40)51-29-34-22-35(30-51)24-36(23-34)31-51)45-13-7-11-43-47(45)41-9-5-6-10-42(41)52(43)38-25-32-21-33(27-38)28-39(52)26-32/h5-18,32-36,38-39H,19-31H2,1-4H3. The summed E-state index contributed by atoms with van der Waals surface area (Å²) in [6, 6.07) is 34.9. The van der Waals surface area contributed by atoms with E-state index < -0.39 is 0 Å². The largest absolute Gasteiger partial charge is 0.310 e. The lowest BCUT2D eigenvalue weighted by molar-refractivity contribution is -0.0399. The number of hydrogen-bond donors (Lipinski definition) is 0. The number of anilines is 3. The van der Waals surface area contributed by atoms with Crippen LogP contribution in [0.15, 0.2) is 84.9 Å². The second-order valence-electron chi connectivity index (χ2n) is 21.5. The van der Waals surface area contributed by atoms with Crippen molar-refractivity contribution in [1.29, 1.82) is 0 Å². The Morgan fingerprint density at radius 2 is 1.04 bits per heavy atom. The Hall–Kier alpha value is -3.32. The number of rotatable bonds is 4. The van der Waals surface area contributed by atoms with Gasteiger partial charge in [-0.25, -0.2) is 0 Å². The normalized spacial score (nSPS) is 37.1. The minimum atomic E-state index is 0.0946. The zero-order valence-corrected chi connectivity index (χ0v) is 32.8. The van der Waals surface area contributed by atoms with Crippen molar-refractivity contribution in [2.75, 3.05) is 4.90 Å². The predicted molar refractivity (Wildman–Crippen MR) is 220 cm³/mol. The van der Waals surface area contributed by atoms with Gasteiger partial charge in [0.05, 0.1) is 11.4 Å². The molecule has 272 valence electrons. The van der Waals surface area contributed by atoms with Crippen LogP contribution >= 0.6 is 0 Å². The lowest BCUT2D eigenvalue weighted by atomic mass is 9.43.